The van der Waals surface area contributed by atoms with Gasteiger partial charge in [0, 0.05) is 24.7 Å². The van der Waals surface area contributed by atoms with Gasteiger partial charge in [0.2, 0.25) is 0 Å². The molecule has 2 rings (SSSR count). The standard InChI is InChI=1S/C17H23NO4/c1-13-4-6-16(22-13)12-18(8-9-19)11-14-5-7-15(20-2)10-17(14)21-3/h4-7,10,19H,8-9,11-12H2,1-3H3. The molecule has 0 fully saturated rings. The van der Waals surface area contributed by atoms with Crippen LogP contribution in [0.15, 0.2) is 34.7 Å². The first-order chi connectivity index (χ1) is 10.7. The third-order valence-corrected chi connectivity index (χ3v) is 3.48. The van der Waals surface area contributed by atoms with Crippen LogP contribution in [-0.4, -0.2) is 37.4 Å². The predicted molar refractivity (Wildman–Crippen MR) is 84.2 cm³/mol. The van der Waals surface area contributed by atoms with Gasteiger partial charge in [-0.1, -0.05) is 6.07 Å². The molecule has 0 bridgehead atoms. The largest absolute Gasteiger partial charge is 0.497 e. The van der Waals surface area contributed by atoms with Gasteiger partial charge in [-0.2, -0.15) is 0 Å². The molecule has 1 N–H and O–H groups in total. The lowest BCUT2D eigenvalue weighted by Crippen LogP contribution is -2.26. The zero-order valence-electron chi connectivity index (χ0n) is 13.3. The summed E-state index contributed by atoms with van der Waals surface area (Å²) >= 11 is 0. The van der Waals surface area contributed by atoms with E-state index >= 15 is 0 Å². The van der Waals surface area contributed by atoms with Gasteiger partial charge in [0.25, 0.3) is 0 Å². The minimum Gasteiger partial charge on any atom is -0.497 e. The summed E-state index contributed by atoms with van der Waals surface area (Å²) < 4.78 is 16.3. The van der Waals surface area contributed by atoms with Crippen LogP contribution < -0.4 is 9.47 Å². The Labute approximate surface area is 131 Å². The molecule has 22 heavy (non-hydrogen) atoms. The molecule has 5 heteroatoms. The SMILES string of the molecule is COc1ccc(CN(CCO)Cc2ccc(C)o2)c(OC)c1. The Hall–Kier alpha value is -1.98. The predicted octanol–water partition coefficient (Wildman–Crippen LogP) is 2.60. The molecule has 0 amide bonds. The van der Waals surface area contributed by atoms with Gasteiger partial charge in [-0.3, -0.25) is 4.90 Å². The molecule has 0 atom stereocenters. The lowest BCUT2D eigenvalue weighted by Gasteiger charge is -2.21. The average Bonchev–Trinajstić information content (AvgIpc) is 2.93. The molecule has 1 aromatic carbocycles. The van der Waals surface area contributed by atoms with Crippen molar-refractivity contribution in [3.05, 3.63) is 47.4 Å². The van der Waals surface area contributed by atoms with Crippen molar-refractivity contribution in [2.45, 2.75) is 20.0 Å². The summed E-state index contributed by atoms with van der Waals surface area (Å²) in [6.07, 6.45) is 0. The van der Waals surface area contributed by atoms with Crippen LogP contribution in [0.5, 0.6) is 11.5 Å². The monoisotopic (exact) mass is 305 g/mol. The van der Waals surface area contributed by atoms with E-state index in [-0.39, 0.29) is 6.61 Å². The third kappa shape index (κ3) is 4.26. The summed E-state index contributed by atoms with van der Waals surface area (Å²) in [5.74, 6) is 3.31. The van der Waals surface area contributed by atoms with E-state index in [0.29, 0.717) is 19.6 Å². The van der Waals surface area contributed by atoms with Crippen molar-refractivity contribution < 1.29 is 19.0 Å². The first kappa shape index (κ1) is 16.4. The van der Waals surface area contributed by atoms with E-state index in [1.54, 1.807) is 14.2 Å². The van der Waals surface area contributed by atoms with E-state index in [9.17, 15) is 5.11 Å². The number of furan rings is 1. The summed E-state index contributed by atoms with van der Waals surface area (Å²) in [6.45, 7) is 3.89. The van der Waals surface area contributed by atoms with Crippen molar-refractivity contribution in [1.82, 2.24) is 4.90 Å². The maximum absolute atomic E-state index is 9.28. The zero-order valence-corrected chi connectivity index (χ0v) is 13.3. The quantitative estimate of drug-likeness (QED) is 0.812. The fourth-order valence-electron chi connectivity index (χ4n) is 2.37. The van der Waals surface area contributed by atoms with Crippen LogP contribution in [0.1, 0.15) is 17.1 Å². The van der Waals surface area contributed by atoms with Gasteiger partial charge in [-0.05, 0) is 25.1 Å². The topological polar surface area (TPSA) is 55.1 Å². The molecule has 1 aromatic heterocycles. The first-order valence-corrected chi connectivity index (χ1v) is 7.25. The van der Waals surface area contributed by atoms with Crippen LogP contribution in [0.3, 0.4) is 0 Å². The zero-order chi connectivity index (χ0) is 15.9. The molecule has 0 spiro atoms. The number of aliphatic hydroxyl groups is 1. The van der Waals surface area contributed by atoms with Gasteiger partial charge in [-0.25, -0.2) is 0 Å². The molecular formula is C17H23NO4. The van der Waals surface area contributed by atoms with Gasteiger partial charge in [0.05, 0.1) is 27.4 Å². The summed E-state index contributed by atoms with van der Waals surface area (Å²) in [5.41, 5.74) is 1.04. The van der Waals surface area contributed by atoms with E-state index in [2.05, 4.69) is 4.90 Å². The van der Waals surface area contributed by atoms with Gasteiger partial charge in [0.15, 0.2) is 0 Å². The maximum Gasteiger partial charge on any atom is 0.127 e. The minimum atomic E-state index is 0.0954. The van der Waals surface area contributed by atoms with E-state index < -0.39 is 0 Å². The van der Waals surface area contributed by atoms with Crippen LogP contribution in [-0.2, 0) is 13.1 Å². The molecule has 1 heterocycles. The van der Waals surface area contributed by atoms with Crippen molar-refractivity contribution in [3.63, 3.8) is 0 Å². The van der Waals surface area contributed by atoms with Crippen LogP contribution in [0.25, 0.3) is 0 Å². The molecule has 120 valence electrons. The lowest BCUT2D eigenvalue weighted by molar-refractivity contribution is 0.173. The molecule has 0 radical (unpaired) electrons. The number of aryl methyl sites for hydroxylation is 1. The van der Waals surface area contributed by atoms with E-state index in [4.69, 9.17) is 13.9 Å². The summed E-state index contributed by atoms with van der Waals surface area (Å²) in [4.78, 5) is 2.11. The fourth-order valence-corrected chi connectivity index (χ4v) is 2.37. The van der Waals surface area contributed by atoms with Gasteiger partial charge in [0.1, 0.15) is 23.0 Å². The first-order valence-electron chi connectivity index (χ1n) is 7.25. The Morgan fingerprint density at radius 3 is 2.50 bits per heavy atom. The second-order valence-electron chi connectivity index (χ2n) is 5.12. The number of hydrogen-bond acceptors (Lipinski definition) is 5. The van der Waals surface area contributed by atoms with Crippen LogP contribution in [0.2, 0.25) is 0 Å². The summed E-state index contributed by atoms with van der Waals surface area (Å²) in [6, 6.07) is 9.66. The van der Waals surface area contributed by atoms with Gasteiger partial charge < -0.3 is 19.0 Å². The Balaban J connectivity index is 2.13. The fraction of sp³-hybridized carbons (Fsp3) is 0.412. The molecular weight excluding hydrogens is 282 g/mol. The van der Waals surface area contributed by atoms with Gasteiger partial charge >= 0.3 is 0 Å². The van der Waals surface area contributed by atoms with Crippen molar-refractivity contribution in [1.29, 1.82) is 0 Å². The molecule has 0 saturated carbocycles. The molecule has 0 unspecified atom stereocenters. The highest BCUT2D eigenvalue weighted by Gasteiger charge is 2.13. The highest BCUT2D eigenvalue weighted by Crippen LogP contribution is 2.26. The van der Waals surface area contributed by atoms with Crippen LogP contribution >= 0.6 is 0 Å². The number of aliphatic hydroxyl groups excluding tert-OH is 1. The Morgan fingerprint density at radius 2 is 1.91 bits per heavy atom. The molecule has 0 aliphatic heterocycles. The smallest absolute Gasteiger partial charge is 0.127 e. The summed E-state index contributed by atoms with van der Waals surface area (Å²) in [7, 11) is 3.27. The highest BCUT2D eigenvalue weighted by molar-refractivity contribution is 5.40. The van der Waals surface area contributed by atoms with Crippen LogP contribution in [0, 0.1) is 6.92 Å². The Kier molecular flexibility index (Phi) is 5.86. The van der Waals surface area contributed by atoms with Crippen LogP contribution in [0.4, 0.5) is 0 Å². The van der Waals surface area contributed by atoms with E-state index in [1.807, 2.05) is 37.3 Å². The van der Waals surface area contributed by atoms with Crippen molar-refractivity contribution in [2.75, 3.05) is 27.4 Å². The van der Waals surface area contributed by atoms with E-state index in [0.717, 1.165) is 28.6 Å². The highest BCUT2D eigenvalue weighted by atomic mass is 16.5. The number of benzene rings is 1. The Morgan fingerprint density at radius 1 is 1.09 bits per heavy atom. The second-order valence-corrected chi connectivity index (χ2v) is 5.12. The molecule has 0 aliphatic carbocycles. The molecule has 2 aromatic rings. The van der Waals surface area contributed by atoms with E-state index in [1.165, 1.54) is 0 Å². The van der Waals surface area contributed by atoms with Crippen molar-refractivity contribution in [3.8, 4) is 11.5 Å². The minimum absolute atomic E-state index is 0.0954. The third-order valence-electron chi connectivity index (χ3n) is 3.48. The number of ether oxygens (including phenoxy) is 2. The Bertz CT molecular complexity index is 594. The van der Waals surface area contributed by atoms with Gasteiger partial charge in [-0.15, -0.1) is 0 Å². The lowest BCUT2D eigenvalue weighted by atomic mass is 10.1. The maximum atomic E-state index is 9.28. The van der Waals surface area contributed by atoms with Crippen molar-refractivity contribution >= 4 is 0 Å². The second kappa shape index (κ2) is 7.87. The molecule has 5 nitrogen and oxygen atoms in total. The summed E-state index contributed by atoms with van der Waals surface area (Å²) in [5, 5.41) is 9.28. The molecule has 0 aliphatic rings. The number of methoxy groups -OCH3 is 2. The molecule has 0 saturated heterocycles. The number of nitrogens with zero attached hydrogens (tertiary/aromatic N) is 1. The normalized spacial score (nSPS) is 11.0. The van der Waals surface area contributed by atoms with Crippen molar-refractivity contribution in [2.24, 2.45) is 0 Å². The average molecular weight is 305 g/mol. The number of rotatable bonds is 8. The number of hydrogen-bond donors (Lipinski definition) is 1.